The van der Waals surface area contributed by atoms with Crippen molar-refractivity contribution < 1.29 is 0 Å². The molecule has 0 saturated carbocycles. The fourth-order valence-corrected chi connectivity index (χ4v) is 2.82. The van der Waals surface area contributed by atoms with Gasteiger partial charge in [0.1, 0.15) is 5.82 Å². The first-order valence-electron chi connectivity index (χ1n) is 6.86. The summed E-state index contributed by atoms with van der Waals surface area (Å²) in [7, 11) is 0. The van der Waals surface area contributed by atoms with Gasteiger partial charge in [0, 0.05) is 37.2 Å². The average molecular weight is 256 g/mol. The molecule has 100 valence electrons. The van der Waals surface area contributed by atoms with Gasteiger partial charge in [-0.2, -0.15) is 0 Å². The van der Waals surface area contributed by atoms with Gasteiger partial charge in [0.05, 0.1) is 6.54 Å². The monoisotopic (exact) mass is 256 g/mol. The minimum absolute atomic E-state index is 0.208. The third-order valence-corrected chi connectivity index (χ3v) is 3.74. The summed E-state index contributed by atoms with van der Waals surface area (Å²) in [6.45, 7) is 4.82. The second-order valence-electron chi connectivity index (χ2n) is 5.10. The van der Waals surface area contributed by atoms with Gasteiger partial charge in [-0.3, -0.25) is 0 Å². The Hall–Kier alpha value is -1.81. The fraction of sp³-hybridized carbons (Fsp3) is 0.400. The summed E-state index contributed by atoms with van der Waals surface area (Å²) < 4.78 is 2.18. The number of rotatable bonds is 3. The third kappa shape index (κ3) is 2.36. The lowest BCUT2D eigenvalue weighted by Crippen LogP contribution is -2.43. The number of aryl methyl sites for hydroxylation is 1. The van der Waals surface area contributed by atoms with E-state index in [1.54, 1.807) is 0 Å². The van der Waals surface area contributed by atoms with Crippen LogP contribution in [-0.2, 0) is 19.5 Å². The number of nitrogens with two attached hydrogens (primary N) is 1. The van der Waals surface area contributed by atoms with Crippen LogP contribution in [0.2, 0.25) is 0 Å². The Balaban J connectivity index is 1.89. The van der Waals surface area contributed by atoms with Gasteiger partial charge in [-0.25, -0.2) is 4.98 Å². The van der Waals surface area contributed by atoms with Crippen LogP contribution in [0.1, 0.15) is 18.3 Å². The number of aromatic nitrogens is 2. The summed E-state index contributed by atoms with van der Waals surface area (Å²) in [6.07, 6.45) is 4.87. The molecule has 1 aromatic heterocycles. The normalized spacial score (nSPS) is 18.4. The molecule has 0 aliphatic carbocycles. The van der Waals surface area contributed by atoms with Crippen LogP contribution in [0.5, 0.6) is 0 Å². The maximum atomic E-state index is 6.17. The largest absolute Gasteiger partial charge is 0.362 e. The molecule has 0 saturated heterocycles. The predicted molar refractivity (Wildman–Crippen MR) is 77.1 cm³/mol. The van der Waals surface area contributed by atoms with E-state index in [1.807, 2.05) is 12.4 Å². The van der Waals surface area contributed by atoms with Crippen molar-refractivity contribution in [1.29, 1.82) is 0 Å². The van der Waals surface area contributed by atoms with Crippen molar-refractivity contribution in [2.45, 2.75) is 32.5 Å². The van der Waals surface area contributed by atoms with Crippen molar-refractivity contribution >= 4 is 5.69 Å². The van der Waals surface area contributed by atoms with E-state index in [0.717, 1.165) is 31.9 Å². The Kier molecular flexibility index (Phi) is 3.25. The maximum absolute atomic E-state index is 6.17. The molecule has 0 fully saturated rings. The molecular formula is C15H20N4. The van der Waals surface area contributed by atoms with E-state index >= 15 is 0 Å². The zero-order chi connectivity index (χ0) is 13.2. The zero-order valence-corrected chi connectivity index (χ0v) is 11.3. The fourth-order valence-electron chi connectivity index (χ4n) is 2.82. The molecule has 2 heterocycles. The van der Waals surface area contributed by atoms with Crippen molar-refractivity contribution in [2.75, 3.05) is 11.4 Å². The first kappa shape index (κ1) is 12.2. The first-order chi connectivity index (χ1) is 9.28. The van der Waals surface area contributed by atoms with Crippen LogP contribution in [0.25, 0.3) is 0 Å². The lowest BCUT2D eigenvalue weighted by Gasteiger charge is -2.34. The van der Waals surface area contributed by atoms with E-state index < -0.39 is 0 Å². The summed E-state index contributed by atoms with van der Waals surface area (Å²) in [5, 5.41) is 0. The van der Waals surface area contributed by atoms with Crippen LogP contribution < -0.4 is 10.6 Å². The lowest BCUT2D eigenvalue weighted by atomic mass is 9.98. The molecule has 0 spiro atoms. The molecule has 2 N–H and O–H groups in total. The second-order valence-corrected chi connectivity index (χ2v) is 5.10. The number of benzene rings is 1. The van der Waals surface area contributed by atoms with E-state index in [0.29, 0.717) is 0 Å². The molecule has 1 aliphatic heterocycles. The van der Waals surface area contributed by atoms with Crippen molar-refractivity contribution in [1.82, 2.24) is 9.55 Å². The minimum Gasteiger partial charge on any atom is -0.362 e. The number of hydrogen-bond acceptors (Lipinski definition) is 3. The Morgan fingerprint density at radius 2 is 2.21 bits per heavy atom. The molecule has 0 amide bonds. The zero-order valence-electron chi connectivity index (χ0n) is 11.3. The van der Waals surface area contributed by atoms with Crippen LogP contribution >= 0.6 is 0 Å². The summed E-state index contributed by atoms with van der Waals surface area (Å²) in [5.41, 5.74) is 8.81. The quantitative estimate of drug-likeness (QED) is 0.911. The highest BCUT2D eigenvalue weighted by molar-refractivity contribution is 5.56. The molecule has 1 aliphatic rings. The van der Waals surface area contributed by atoms with E-state index in [1.165, 1.54) is 11.3 Å². The summed E-state index contributed by atoms with van der Waals surface area (Å²) in [6, 6.07) is 8.74. The Morgan fingerprint density at radius 3 is 3.05 bits per heavy atom. The van der Waals surface area contributed by atoms with Crippen LogP contribution in [0.3, 0.4) is 0 Å². The van der Waals surface area contributed by atoms with Crippen molar-refractivity contribution in [3.8, 4) is 0 Å². The summed E-state index contributed by atoms with van der Waals surface area (Å²) in [5.74, 6) is 1.10. The van der Waals surface area contributed by atoms with Gasteiger partial charge in [0.2, 0.25) is 0 Å². The van der Waals surface area contributed by atoms with Crippen LogP contribution in [0.15, 0.2) is 36.7 Å². The van der Waals surface area contributed by atoms with Crippen LogP contribution in [0, 0.1) is 0 Å². The number of para-hydroxylation sites is 1. The van der Waals surface area contributed by atoms with E-state index in [4.69, 9.17) is 5.73 Å². The van der Waals surface area contributed by atoms with Crippen LogP contribution in [-0.4, -0.2) is 22.1 Å². The predicted octanol–water partition coefficient (Wildman–Crippen LogP) is 1.79. The molecule has 3 rings (SSSR count). The van der Waals surface area contributed by atoms with Crippen molar-refractivity contribution in [3.63, 3.8) is 0 Å². The van der Waals surface area contributed by atoms with Gasteiger partial charge in [-0.05, 0) is 25.0 Å². The number of fused-ring (bicyclic) bond motifs is 1. The van der Waals surface area contributed by atoms with Gasteiger partial charge in [-0.15, -0.1) is 0 Å². The average Bonchev–Trinajstić information content (AvgIpc) is 2.86. The van der Waals surface area contributed by atoms with Gasteiger partial charge in [0.25, 0.3) is 0 Å². The van der Waals surface area contributed by atoms with E-state index in [-0.39, 0.29) is 6.04 Å². The van der Waals surface area contributed by atoms with Gasteiger partial charge < -0.3 is 15.2 Å². The Morgan fingerprint density at radius 1 is 1.37 bits per heavy atom. The lowest BCUT2D eigenvalue weighted by molar-refractivity contribution is 0.578. The molecule has 1 aromatic carbocycles. The van der Waals surface area contributed by atoms with Crippen LogP contribution in [0.4, 0.5) is 5.69 Å². The summed E-state index contributed by atoms with van der Waals surface area (Å²) in [4.78, 5) is 6.80. The molecule has 1 atom stereocenters. The number of nitrogens with zero attached hydrogens (tertiary/aromatic N) is 3. The third-order valence-electron chi connectivity index (χ3n) is 3.74. The Bertz CT molecular complexity index is 561. The molecule has 0 radical (unpaired) electrons. The molecule has 19 heavy (non-hydrogen) atoms. The number of anilines is 1. The van der Waals surface area contributed by atoms with E-state index in [9.17, 15) is 0 Å². The standard InChI is InChI=1S/C15H20N4/c1-2-18-8-7-17-15(18)11-19-10-13(16)9-12-5-3-4-6-14(12)19/h3-8,13H,2,9-11,16H2,1H3. The smallest absolute Gasteiger partial charge is 0.128 e. The molecule has 1 unspecified atom stereocenters. The molecule has 2 aromatic rings. The van der Waals surface area contributed by atoms with Crippen molar-refractivity contribution in [2.24, 2.45) is 5.73 Å². The molecule has 4 heteroatoms. The molecule has 4 nitrogen and oxygen atoms in total. The second kappa shape index (κ2) is 5.05. The molecular weight excluding hydrogens is 236 g/mol. The van der Waals surface area contributed by atoms with Crippen molar-refractivity contribution in [3.05, 3.63) is 48.0 Å². The highest BCUT2D eigenvalue weighted by Gasteiger charge is 2.22. The van der Waals surface area contributed by atoms with Gasteiger partial charge in [0.15, 0.2) is 0 Å². The van der Waals surface area contributed by atoms with E-state index in [2.05, 4.69) is 45.6 Å². The SMILES string of the molecule is CCn1ccnc1CN1CC(N)Cc2ccccc21. The maximum Gasteiger partial charge on any atom is 0.128 e. The minimum atomic E-state index is 0.208. The number of hydrogen-bond donors (Lipinski definition) is 1. The van der Waals surface area contributed by atoms with Gasteiger partial charge >= 0.3 is 0 Å². The first-order valence-corrected chi connectivity index (χ1v) is 6.86. The highest BCUT2D eigenvalue weighted by atomic mass is 15.2. The Labute approximate surface area is 113 Å². The summed E-state index contributed by atoms with van der Waals surface area (Å²) >= 11 is 0. The topological polar surface area (TPSA) is 47.1 Å². The van der Waals surface area contributed by atoms with Gasteiger partial charge in [-0.1, -0.05) is 18.2 Å². The highest BCUT2D eigenvalue weighted by Crippen LogP contribution is 2.27. The molecule has 0 bridgehead atoms. The number of imidazole rings is 1.